The molecule has 57 valence electrons. The molecule has 1 aromatic rings. The first kappa shape index (κ1) is 6.53. The summed E-state index contributed by atoms with van der Waals surface area (Å²) in [5, 5.41) is 3.24. The maximum atomic E-state index is 5.40. The second-order valence-corrected chi connectivity index (χ2v) is 2.61. The van der Waals surface area contributed by atoms with Crippen LogP contribution in [0.1, 0.15) is 5.56 Å². The van der Waals surface area contributed by atoms with Crippen molar-refractivity contribution in [2.75, 3.05) is 18.5 Å². The van der Waals surface area contributed by atoms with Crippen molar-refractivity contribution < 1.29 is 4.74 Å². The van der Waals surface area contributed by atoms with Gasteiger partial charge in [0.05, 0.1) is 5.69 Å². The van der Waals surface area contributed by atoms with Crippen LogP contribution in [0.4, 0.5) is 5.69 Å². The standard InChI is InChI=1S/C9H10NO/c1-7-2-3-8-9(6-7)11-5-4-10-8/h2-3,6,10H,1,4-5H2. The van der Waals surface area contributed by atoms with E-state index < -0.39 is 0 Å². The van der Waals surface area contributed by atoms with Gasteiger partial charge in [-0.2, -0.15) is 0 Å². The van der Waals surface area contributed by atoms with Gasteiger partial charge in [0.15, 0.2) is 0 Å². The highest BCUT2D eigenvalue weighted by Crippen LogP contribution is 2.27. The number of anilines is 1. The molecule has 11 heavy (non-hydrogen) atoms. The molecule has 2 rings (SSSR count). The van der Waals surface area contributed by atoms with Gasteiger partial charge in [0.1, 0.15) is 12.4 Å². The Morgan fingerprint density at radius 1 is 1.45 bits per heavy atom. The van der Waals surface area contributed by atoms with Crippen LogP contribution in [0, 0.1) is 6.92 Å². The third-order valence-electron chi connectivity index (χ3n) is 1.72. The molecule has 0 unspecified atom stereocenters. The summed E-state index contributed by atoms with van der Waals surface area (Å²) in [5.74, 6) is 0.920. The zero-order chi connectivity index (χ0) is 7.68. The van der Waals surface area contributed by atoms with E-state index in [1.807, 2.05) is 18.2 Å². The van der Waals surface area contributed by atoms with E-state index in [0.717, 1.165) is 30.2 Å². The fourth-order valence-electron chi connectivity index (χ4n) is 1.18. The van der Waals surface area contributed by atoms with Crippen molar-refractivity contribution in [3.05, 3.63) is 30.7 Å². The van der Waals surface area contributed by atoms with Gasteiger partial charge in [-0.25, -0.2) is 0 Å². The van der Waals surface area contributed by atoms with Crippen LogP contribution in [0.15, 0.2) is 18.2 Å². The molecule has 1 radical (unpaired) electrons. The Morgan fingerprint density at radius 2 is 2.36 bits per heavy atom. The predicted octanol–water partition coefficient (Wildman–Crippen LogP) is 1.67. The van der Waals surface area contributed by atoms with Crippen LogP contribution in [-0.4, -0.2) is 13.2 Å². The van der Waals surface area contributed by atoms with Gasteiger partial charge in [0, 0.05) is 6.54 Å². The number of benzene rings is 1. The summed E-state index contributed by atoms with van der Waals surface area (Å²) in [6.07, 6.45) is 0. The summed E-state index contributed by atoms with van der Waals surface area (Å²) in [5.41, 5.74) is 2.07. The fourth-order valence-corrected chi connectivity index (χ4v) is 1.18. The van der Waals surface area contributed by atoms with E-state index in [0.29, 0.717) is 0 Å². The Bertz CT molecular complexity index is 270. The highest BCUT2D eigenvalue weighted by atomic mass is 16.5. The minimum atomic E-state index is 0.746. The molecule has 2 heteroatoms. The molecule has 0 fully saturated rings. The van der Waals surface area contributed by atoms with Crippen LogP contribution in [-0.2, 0) is 0 Å². The molecule has 0 spiro atoms. The van der Waals surface area contributed by atoms with Crippen LogP contribution >= 0.6 is 0 Å². The molecule has 0 amide bonds. The van der Waals surface area contributed by atoms with Crippen LogP contribution in [0.2, 0.25) is 0 Å². The third-order valence-corrected chi connectivity index (χ3v) is 1.72. The zero-order valence-corrected chi connectivity index (χ0v) is 6.26. The predicted molar refractivity (Wildman–Crippen MR) is 44.9 cm³/mol. The molecule has 1 aromatic carbocycles. The van der Waals surface area contributed by atoms with Crippen molar-refractivity contribution in [3.63, 3.8) is 0 Å². The molecular formula is C9H10NO. The van der Waals surface area contributed by atoms with Crippen LogP contribution in [0.5, 0.6) is 5.75 Å². The summed E-state index contributed by atoms with van der Waals surface area (Å²) in [4.78, 5) is 0. The molecule has 1 aliphatic rings. The van der Waals surface area contributed by atoms with Crippen molar-refractivity contribution in [2.24, 2.45) is 0 Å². The first-order valence-electron chi connectivity index (χ1n) is 3.69. The monoisotopic (exact) mass is 148 g/mol. The van der Waals surface area contributed by atoms with Crippen LogP contribution in [0.3, 0.4) is 0 Å². The Hall–Kier alpha value is -1.18. The molecule has 0 aliphatic carbocycles. The van der Waals surface area contributed by atoms with Gasteiger partial charge < -0.3 is 10.1 Å². The number of rotatable bonds is 0. The highest BCUT2D eigenvalue weighted by molar-refractivity contribution is 5.59. The molecule has 1 heterocycles. The maximum absolute atomic E-state index is 5.40. The lowest BCUT2D eigenvalue weighted by Crippen LogP contribution is -2.17. The lowest BCUT2D eigenvalue weighted by molar-refractivity contribution is 0.323. The third kappa shape index (κ3) is 1.16. The van der Waals surface area contributed by atoms with Gasteiger partial charge in [-0.05, 0) is 24.6 Å². The molecule has 1 aliphatic heterocycles. The van der Waals surface area contributed by atoms with Gasteiger partial charge in [-0.3, -0.25) is 0 Å². The molecule has 0 atom stereocenters. The van der Waals surface area contributed by atoms with E-state index in [1.54, 1.807) is 0 Å². The van der Waals surface area contributed by atoms with Gasteiger partial charge in [-0.1, -0.05) is 6.07 Å². The summed E-state index contributed by atoms with van der Waals surface area (Å²) in [6, 6.07) is 5.92. The number of fused-ring (bicyclic) bond motifs is 1. The van der Waals surface area contributed by atoms with E-state index in [9.17, 15) is 0 Å². The number of ether oxygens (including phenoxy) is 1. The molecular weight excluding hydrogens is 138 g/mol. The van der Waals surface area contributed by atoms with Gasteiger partial charge in [0.25, 0.3) is 0 Å². The van der Waals surface area contributed by atoms with Crippen molar-refractivity contribution in [1.29, 1.82) is 0 Å². The lowest BCUT2D eigenvalue weighted by atomic mass is 10.2. The van der Waals surface area contributed by atoms with E-state index >= 15 is 0 Å². The second kappa shape index (κ2) is 2.46. The fraction of sp³-hybridized carbons (Fsp3) is 0.222. The molecule has 0 saturated carbocycles. The number of hydrogen-bond acceptors (Lipinski definition) is 2. The van der Waals surface area contributed by atoms with E-state index in [1.165, 1.54) is 0 Å². The second-order valence-electron chi connectivity index (χ2n) is 2.61. The SMILES string of the molecule is [CH2]c1ccc2c(c1)OCCN2. The first-order valence-corrected chi connectivity index (χ1v) is 3.69. The highest BCUT2D eigenvalue weighted by Gasteiger charge is 2.07. The topological polar surface area (TPSA) is 21.3 Å². The lowest BCUT2D eigenvalue weighted by Gasteiger charge is -2.18. The first-order chi connectivity index (χ1) is 5.36. The zero-order valence-electron chi connectivity index (χ0n) is 6.26. The maximum Gasteiger partial charge on any atom is 0.142 e. The minimum Gasteiger partial charge on any atom is -0.490 e. The smallest absolute Gasteiger partial charge is 0.142 e. The largest absolute Gasteiger partial charge is 0.490 e. The quantitative estimate of drug-likeness (QED) is 0.604. The molecule has 0 bridgehead atoms. The molecule has 0 aromatic heterocycles. The van der Waals surface area contributed by atoms with Crippen molar-refractivity contribution in [1.82, 2.24) is 0 Å². The summed E-state index contributed by atoms with van der Waals surface area (Å²) in [6.45, 7) is 5.46. The summed E-state index contributed by atoms with van der Waals surface area (Å²) < 4.78 is 5.40. The average molecular weight is 148 g/mol. The summed E-state index contributed by atoms with van der Waals surface area (Å²) >= 11 is 0. The number of hydrogen-bond donors (Lipinski definition) is 1. The molecule has 2 nitrogen and oxygen atoms in total. The van der Waals surface area contributed by atoms with Crippen LogP contribution in [0.25, 0.3) is 0 Å². The molecule has 1 N–H and O–H groups in total. The normalized spacial score (nSPS) is 14.6. The van der Waals surface area contributed by atoms with E-state index in [4.69, 9.17) is 4.74 Å². The van der Waals surface area contributed by atoms with Crippen molar-refractivity contribution in [2.45, 2.75) is 0 Å². The Balaban J connectivity index is 2.43. The van der Waals surface area contributed by atoms with Crippen molar-refractivity contribution >= 4 is 5.69 Å². The average Bonchev–Trinajstić information content (AvgIpc) is 2.04. The summed E-state index contributed by atoms with van der Waals surface area (Å²) in [7, 11) is 0. The minimum absolute atomic E-state index is 0.746. The number of nitrogens with one attached hydrogen (secondary N) is 1. The van der Waals surface area contributed by atoms with E-state index in [-0.39, 0.29) is 0 Å². The van der Waals surface area contributed by atoms with Crippen molar-refractivity contribution in [3.8, 4) is 5.75 Å². The van der Waals surface area contributed by atoms with Gasteiger partial charge in [-0.15, -0.1) is 0 Å². The van der Waals surface area contributed by atoms with Gasteiger partial charge in [0.2, 0.25) is 0 Å². The Morgan fingerprint density at radius 3 is 3.27 bits per heavy atom. The van der Waals surface area contributed by atoms with Crippen LogP contribution < -0.4 is 10.1 Å². The Labute approximate surface area is 66.2 Å². The Kier molecular flexibility index (Phi) is 1.46. The molecule has 0 saturated heterocycles. The van der Waals surface area contributed by atoms with Gasteiger partial charge >= 0.3 is 0 Å². The van der Waals surface area contributed by atoms with E-state index in [2.05, 4.69) is 12.2 Å².